The van der Waals surface area contributed by atoms with Crippen molar-refractivity contribution in [3.63, 3.8) is 0 Å². The predicted octanol–water partition coefficient (Wildman–Crippen LogP) is 2.94. The molecule has 2 aromatic heterocycles. The molecule has 0 aliphatic rings. The third-order valence-electron chi connectivity index (χ3n) is 2.74. The van der Waals surface area contributed by atoms with E-state index in [1.165, 1.54) is 16.2 Å². The van der Waals surface area contributed by atoms with Gasteiger partial charge >= 0.3 is 0 Å². The van der Waals surface area contributed by atoms with Crippen molar-refractivity contribution in [1.82, 2.24) is 14.9 Å². The molecular formula is C12H15N3OS3. The van der Waals surface area contributed by atoms with Crippen molar-refractivity contribution < 1.29 is 4.79 Å². The molecule has 0 saturated heterocycles. The summed E-state index contributed by atoms with van der Waals surface area (Å²) in [5.74, 6) is -0.0151. The number of thioether (sulfide) groups is 1. The smallest absolute Gasteiger partial charge is 0.273 e. The molecule has 0 spiro atoms. The first-order valence-corrected chi connectivity index (χ1v) is 8.74. The summed E-state index contributed by atoms with van der Waals surface area (Å²) < 4.78 is 0.926. The van der Waals surface area contributed by atoms with Gasteiger partial charge in [-0.2, -0.15) is 0 Å². The van der Waals surface area contributed by atoms with Gasteiger partial charge in [0.05, 0.1) is 11.2 Å². The van der Waals surface area contributed by atoms with Gasteiger partial charge < -0.3 is 4.90 Å². The van der Waals surface area contributed by atoms with Crippen molar-refractivity contribution in [1.29, 1.82) is 0 Å². The minimum atomic E-state index is -0.0151. The van der Waals surface area contributed by atoms with E-state index in [0.29, 0.717) is 12.2 Å². The number of carbonyl (C=O) groups excluding carboxylic acids is 1. The maximum Gasteiger partial charge on any atom is 0.273 e. The highest BCUT2D eigenvalue weighted by Crippen LogP contribution is 2.20. The fourth-order valence-corrected chi connectivity index (χ4v) is 3.59. The Bertz CT molecular complexity index is 564. The van der Waals surface area contributed by atoms with E-state index in [0.717, 1.165) is 16.5 Å². The van der Waals surface area contributed by atoms with Gasteiger partial charge in [0.15, 0.2) is 0 Å². The highest BCUT2D eigenvalue weighted by Gasteiger charge is 2.15. The molecule has 0 aliphatic heterocycles. The standard InChI is InChI=1S/C12H15N3OS3/c1-8-10(19-7-13-8)4-5-15(2)11(16)9-6-18-12(14-9)17-3/h6-7H,4-5H2,1-3H3. The minimum Gasteiger partial charge on any atom is -0.340 e. The van der Waals surface area contributed by atoms with Gasteiger partial charge in [0.1, 0.15) is 10.0 Å². The van der Waals surface area contributed by atoms with Crippen molar-refractivity contribution in [3.05, 3.63) is 27.2 Å². The fourth-order valence-electron chi connectivity index (χ4n) is 1.58. The molecule has 0 aromatic carbocycles. The lowest BCUT2D eigenvalue weighted by molar-refractivity contribution is 0.0791. The van der Waals surface area contributed by atoms with Crippen LogP contribution in [-0.2, 0) is 6.42 Å². The van der Waals surface area contributed by atoms with Gasteiger partial charge in [-0.15, -0.1) is 22.7 Å². The van der Waals surface area contributed by atoms with Crippen LogP contribution in [0.25, 0.3) is 0 Å². The van der Waals surface area contributed by atoms with E-state index in [9.17, 15) is 4.79 Å². The average Bonchev–Trinajstić information content (AvgIpc) is 3.03. The van der Waals surface area contributed by atoms with Crippen LogP contribution in [0.2, 0.25) is 0 Å². The normalized spacial score (nSPS) is 10.7. The summed E-state index contributed by atoms with van der Waals surface area (Å²) in [7, 11) is 1.82. The average molecular weight is 313 g/mol. The predicted molar refractivity (Wildman–Crippen MR) is 81.4 cm³/mol. The second-order valence-electron chi connectivity index (χ2n) is 4.04. The number of aryl methyl sites for hydroxylation is 1. The number of nitrogens with zero attached hydrogens (tertiary/aromatic N) is 3. The Morgan fingerprint density at radius 1 is 1.47 bits per heavy atom. The van der Waals surface area contributed by atoms with Crippen LogP contribution in [0.1, 0.15) is 21.1 Å². The quantitative estimate of drug-likeness (QED) is 0.796. The Labute approximate surface area is 124 Å². The van der Waals surface area contributed by atoms with Gasteiger partial charge in [-0.3, -0.25) is 4.79 Å². The van der Waals surface area contributed by atoms with Crippen LogP contribution in [-0.4, -0.2) is 40.6 Å². The van der Waals surface area contributed by atoms with Crippen LogP contribution in [0.5, 0.6) is 0 Å². The summed E-state index contributed by atoms with van der Waals surface area (Å²) in [5, 5.41) is 1.82. The summed E-state index contributed by atoms with van der Waals surface area (Å²) in [5.41, 5.74) is 3.44. The van der Waals surface area contributed by atoms with Crippen molar-refractivity contribution in [2.45, 2.75) is 17.7 Å². The summed E-state index contributed by atoms with van der Waals surface area (Å²) in [6.07, 6.45) is 2.81. The molecular weight excluding hydrogens is 298 g/mol. The maximum absolute atomic E-state index is 12.2. The first-order chi connectivity index (χ1) is 9.11. The van der Waals surface area contributed by atoms with E-state index in [-0.39, 0.29) is 5.91 Å². The lowest BCUT2D eigenvalue weighted by Gasteiger charge is -2.15. The molecule has 0 aliphatic carbocycles. The molecule has 2 heterocycles. The fraction of sp³-hybridized carbons (Fsp3) is 0.417. The van der Waals surface area contributed by atoms with Crippen LogP contribution in [0.15, 0.2) is 15.2 Å². The van der Waals surface area contributed by atoms with Crippen LogP contribution in [0.3, 0.4) is 0 Å². The van der Waals surface area contributed by atoms with Crippen molar-refractivity contribution >= 4 is 40.3 Å². The number of carbonyl (C=O) groups is 1. The first-order valence-electron chi connectivity index (χ1n) is 5.75. The van der Waals surface area contributed by atoms with Gasteiger partial charge in [-0.25, -0.2) is 9.97 Å². The number of rotatable bonds is 5. The minimum absolute atomic E-state index is 0.0151. The Morgan fingerprint density at radius 2 is 2.26 bits per heavy atom. The molecule has 0 unspecified atom stereocenters. The van der Waals surface area contributed by atoms with E-state index < -0.39 is 0 Å². The number of hydrogen-bond donors (Lipinski definition) is 0. The lowest BCUT2D eigenvalue weighted by atomic mass is 10.3. The largest absolute Gasteiger partial charge is 0.340 e. The molecule has 0 saturated carbocycles. The van der Waals surface area contributed by atoms with E-state index in [1.807, 2.05) is 31.1 Å². The summed E-state index contributed by atoms with van der Waals surface area (Å²) in [6.45, 7) is 2.69. The van der Waals surface area contributed by atoms with Crippen molar-refractivity contribution in [3.8, 4) is 0 Å². The van der Waals surface area contributed by atoms with Gasteiger partial charge in [0, 0.05) is 30.3 Å². The molecule has 0 N–H and O–H groups in total. The molecule has 2 aromatic rings. The summed E-state index contributed by atoms with van der Waals surface area (Å²) in [4.78, 5) is 23.6. The van der Waals surface area contributed by atoms with Crippen LogP contribution in [0.4, 0.5) is 0 Å². The molecule has 102 valence electrons. The van der Waals surface area contributed by atoms with Crippen LogP contribution >= 0.6 is 34.4 Å². The number of amides is 1. The topological polar surface area (TPSA) is 46.1 Å². The molecule has 1 amide bonds. The zero-order chi connectivity index (χ0) is 13.8. The van der Waals surface area contributed by atoms with Crippen LogP contribution in [0, 0.1) is 6.92 Å². The second kappa shape index (κ2) is 6.49. The first kappa shape index (κ1) is 14.5. The molecule has 0 atom stereocenters. The monoisotopic (exact) mass is 313 g/mol. The highest BCUT2D eigenvalue weighted by molar-refractivity contribution is 8.00. The number of thiazole rings is 2. The van der Waals surface area contributed by atoms with E-state index in [4.69, 9.17) is 0 Å². The van der Waals surface area contributed by atoms with Crippen molar-refractivity contribution in [2.24, 2.45) is 0 Å². The maximum atomic E-state index is 12.2. The zero-order valence-corrected chi connectivity index (χ0v) is 13.5. The Morgan fingerprint density at radius 3 is 2.84 bits per heavy atom. The molecule has 4 nitrogen and oxygen atoms in total. The molecule has 19 heavy (non-hydrogen) atoms. The van der Waals surface area contributed by atoms with E-state index in [1.54, 1.807) is 28.0 Å². The third-order valence-corrected chi connectivity index (χ3v) is 5.60. The van der Waals surface area contributed by atoms with E-state index >= 15 is 0 Å². The second-order valence-corrected chi connectivity index (χ2v) is 6.89. The van der Waals surface area contributed by atoms with Gasteiger partial charge in [-0.05, 0) is 13.2 Å². The highest BCUT2D eigenvalue weighted by atomic mass is 32.2. The Hall–Kier alpha value is -0.920. The Balaban J connectivity index is 1.94. The van der Waals surface area contributed by atoms with Gasteiger partial charge in [0.2, 0.25) is 0 Å². The molecule has 0 bridgehead atoms. The summed E-state index contributed by atoms with van der Waals surface area (Å²) >= 11 is 4.71. The van der Waals surface area contributed by atoms with Gasteiger partial charge in [0.25, 0.3) is 5.91 Å². The van der Waals surface area contributed by atoms with Crippen molar-refractivity contribution in [2.75, 3.05) is 19.8 Å². The molecule has 2 rings (SSSR count). The third kappa shape index (κ3) is 3.55. The number of likely N-dealkylation sites (N-methyl/N-ethyl adjacent to an activating group) is 1. The van der Waals surface area contributed by atoms with E-state index in [2.05, 4.69) is 9.97 Å². The van der Waals surface area contributed by atoms with Gasteiger partial charge in [-0.1, -0.05) is 11.8 Å². The molecule has 7 heteroatoms. The lowest BCUT2D eigenvalue weighted by Crippen LogP contribution is -2.29. The Kier molecular flexibility index (Phi) is 4.95. The molecule has 0 radical (unpaired) electrons. The zero-order valence-electron chi connectivity index (χ0n) is 11.0. The summed E-state index contributed by atoms with van der Waals surface area (Å²) in [6, 6.07) is 0. The number of aromatic nitrogens is 2. The molecule has 0 fully saturated rings. The van der Waals surface area contributed by atoms with Crippen LogP contribution < -0.4 is 0 Å². The SMILES string of the molecule is CSc1nc(C(=O)N(C)CCc2scnc2C)cs1. The number of hydrogen-bond acceptors (Lipinski definition) is 6.